The van der Waals surface area contributed by atoms with Crippen LogP contribution in [0.4, 0.5) is 8.78 Å². The molecule has 1 nitrogen and oxygen atoms in total. The molecule has 1 aliphatic heterocycles. The Hall–Kier alpha value is -1.22. The fourth-order valence-corrected chi connectivity index (χ4v) is 1.49. The normalized spacial score (nSPS) is 16.6. The Bertz CT molecular complexity index is 372. The summed E-state index contributed by atoms with van der Waals surface area (Å²) >= 11 is 0. The van der Waals surface area contributed by atoms with Crippen LogP contribution < -0.4 is 0 Å². The molecule has 0 fully saturated rings. The zero-order chi connectivity index (χ0) is 9.97. The van der Waals surface area contributed by atoms with E-state index >= 15 is 0 Å². The summed E-state index contributed by atoms with van der Waals surface area (Å²) in [6, 6.07) is 3.98. The van der Waals surface area contributed by atoms with Crippen LogP contribution in [0.1, 0.15) is 12.0 Å². The fourth-order valence-electron chi connectivity index (χ4n) is 1.49. The van der Waals surface area contributed by atoms with Gasteiger partial charge in [-0.1, -0.05) is 12.1 Å². The van der Waals surface area contributed by atoms with Crippen molar-refractivity contribution in [3.63, 3.8) is 0 Å². The minimum absolute atomic E-state index is 0.550. The molecule has 0 saturated heterocycles. The van der Waals surface area contributed by atoms with Gasteiger partial charge in [-0.25, -0.2) is 8.78 Å². The van der Waals surface area contributed by atoms with Gasteiger partial charge in [-0.05, 0) is 29.7 Å². The van der Waals surface area contributed by atoms with Crippen molar-refractivity contribution in [3.8, 4) is 0 Å². The Kier molecular flexibility index (Phi) is 2.59. The van der Waals surface area contributed by atoms with Crippen LogP contribution >= 0.6 is 0 Å². The van der Waals surface area contributed by atoms with Gasteiger partial charge >= 0.3 is 0 Å². The maximum atomic E-state index is 12.9. The first kappa shape index (κ1) is 9.34. The number of benzene rings is 1. The van der Waals surface area contributed by atoms with Gasteiger partial charge in [0.25, 0.3) is 0 Å². The summed E-state index contributed by atoms with van der Waals surface area (Å²) in [5.74, 6) is -1.60. The standard InChI is InChI=1S/C11H10F2O/c12-10-2-1-9(7-11(10)13)8-3-5-14-6-4-8/h1-3,7H,4-6H2. The molecule has 0 saturated carbocycles. The van der Waals surface area contributed by atoms with Crippen molar-refractivity contribution in [1.29, 1.82) is 0 Å². The van der Waals surface area contributed by atoms with Crippen molar-refractivity contribution in [1.82, 2.24) is 0 Å². The molecule has 0 bridgehead atoms. The molecule has 1 aliphatic rings. The molecule has 0 unspecified atom stereocenters. The van der Waals surface area contributed by atoms with Gasteiger partial charge in [0.15, 0.2) is 11.6 Å². The highest BCUT2D eigenvalue weighted by Gasteiger charge is 2.09. The van der Waals surface area contributed by atoms with Gasteiger partial charge in [-0.15, -0.1) is 0 Å². The Morgan fingerprint density at radius 3 is 2.64 bits per heavy atom. The quantitative estimate of drug-likeness (QED) is 0.671. The van der Waals surface area contributed by atoms with Crippen molar-refractivity contribution in [2.24, 2.45) is 0 Å². The fraction of sp³-hybridized carbons (Fsp3) is 0.273. The van der Waals surface area contributed by atoms with E-state index in [0.29, 0.717) is 13.2 Å². The third kappa shape index (κ3) is 1.82. The van der Waals surface area contributed by atoms with E-state index in [9.17, 15) is 8.78 Å². The smallest absolute Gasteiger partial charge is 0.159 e. The lowest BCUT2D eigenvalue weighted by Crippen LogP contribution is -2.04. The van der Waals surface area contributed by atoms with E-state index in [1.165, 1.54) is 6.07 Å². The second-order valence-corrected chi connectivity index (χ2v) is 3.18. The third-order valence-corrected chi connectivity index (χ3v) is 2.25. The number of hydrogen-bond donors (Lipinski definition) is 0. The predicted octanol–water partition coefficient (Wildman–Crippen LogP) is 2.77. The second kappa shape index (κ2) is 3.88. The molecular formula is C11H10F2O. The summed E-state index contributed by atoms with van der Waals surface area (Å²) in [5, 5.41) is 0. The Morgan fingerprint density at radius 2 is 2.00 bits per heavy atom. The molecule has 1 heterocycles. The second-order valence-electron chi connectivity index (χ2n) is 3.18. The van der Waals surface area contributed by atoms with E-state index < -0.39 is 11.6 Å². The summed E-state index contributed by atoms with van der Waals surface area (Å²) in [6.45, 7) is 1.19. The first-order valence-corrected chi connectivity index (χ1v) is 4.49. The summed E-state index contributed by atoms with van der Waals surface area (Å²) < 4.78 is 30.7. The summed E-state index contributed by atoms with van der Waals surface area (Å²) in [5.41, 5.74) is 1.77. The van der Waals surface area contributed by atoms with E-state index in [1.54, 1.807) is 6.07 Å². The van der Waals surface area contributed by atoms with Gasteiger partial charge in [0, 0.05) is 0 Å². The minimum atomic E-state index is -0.804. The van der Waals surface area contributed by atoms with E-state index in [0.717, 1.165) is 23.6 Å². The van der Waals surface area contributed by atoms with E-state index in [-0.39, 0.29) is 0 Å². The lowest BCUT2D eigenvalue weighted by molar-refractivity contribution is 0.161. The lowest BCUT2D eigenvalue weighted by Gasteiger charge is -2.13. The third-order valence-electron chi connectivity index (χ3n) is 2.25. The molecule has 74 valence electrons. The maximum Gasteiger partial charge on any atom is 0.159 e. The van der Waals surface area contributed by atoms with Gasteiger partial charge in [0.05, 0.1) is 13.2 Å². The van der Waals surface area contributed by atoms with Crippen LogP contribution in [0.25, 0.3) is 5.57 Å². The minimum Gasteiger partial charge on any atom is -0.377 e. The topological polar surface area (TPSA) is 9.23 Å². The summed E-state index contributed by atoms with van der Waals surface area (Å²) in [7, 11) is 0. The SMILES string of the molecule is Fc1ccc(C2=CCOCC2)cc1F. The van der Waals surface area contributed by atoms with Crippen molar-refractivity contribution in [2.45, 2.75) is 6.42 Å². The molecule has 0 atom stereocenters. The molecule has 2 rings (SSSR count). The van der Waals surface area contributed by atoms with Gasteiger partial charge in [0.2, 0.25) is 0 Å². The molecule has 0 spiro atoms. The molecule has 0 radical (unpaired) electrons. The number of rotatable bonds is 1. The first-order valence-electron chi connectivity index (χ1n) is 4.49. The van der Waals surface area contributed by atoms with Crippen LogP contribution in [0.15, 0.2) is 24.3 Å². The Balaban J connectivity index is 2.32. The Labute approximate surface area is 81.0 Å². The highest BCUT2D eigenvalue weighted by atomic mass is 19.2. The predicted molar refractivity (Wildman–Crippen MR) is 49.8 cm³/mol. The van der Waals surface area contributed by atoms with Gasteiger partial charge in [0.1, 0.15) is 0 Å². The molecular weight excluding hydrogens is 186 g/mol. The lowest BCUT2D eigenvalue weighted by atomic mass is 10.0. The van der Waals surface area contributed by atoms with Gasteiger partial charge in [-0.3, -0.25) is 0 Å². The summed E-state index contributed by atoms with van der Waals surface area (Å²) in [4.78, 5) is 0. The van der Waals surface area contributed by atoms with Gasteiger partial charge < -0.3 is 4.74 Å². The zero-order valence-corrected chi connectivity index (χ0v) is 7.59. The van der Waals surface area contributed by atoms with Crippen LogP contribution in [0.3, 0.4) is 0 Å². The highest BCUT2D eigenvalue weighted by molar-refractivity contribution is 5.66. The van der Waals surface area contributed by atoms with E-state index in [2.05, 4.69) is 0 Å². The van der Waals surface area contributed by atoms with Crippen LogP contribution in [0.2, 0.25) is 0 Å². The average molecular weight is 196 g/mol. The Morgan fingerprint density at radius 1 is 1.14 bits per heavy atom. The summed E-state index contributed by atoms with van der Waals surface area (Å²) in [6.07, 6.45) is 2.65. The highest BCUT2D eigenvalue weighted by Crippen LogP contribution is 2.22. The van der Waals surface area contributed by atoms with Crippen LogP contribution in [-0.2, 0) is 4.74 Å². The molecule has 14 heavy (non-hydrogen) atoms. The molecule has 0 N–H and O–H groups in total. The molecule has 0 aliphatic carbocycles. The van der Waals surface area contributed by atoms with Crippen molar-refractivity contribution in [3.05, 3.63) is 41.5 Å². The van der Waals surface area contributed by atoms with Crippen molar-refractivity contribution < 1.29 is 13.5 Å². The monoisotopic (exact) mass is 196 g/mol. The molecule has 3 heteroatoms. The molecule has 0 amide bonds. The number of halogens is 2. The van der Waals surface area contributed by atoms with E-state index in [1.807, 2.05) is 6.08 Å². The van der Waals surface area contributed by atoms with Crippen LogP contribution in [0.5, 0.6) is 0 Å². The zero-order valence-electron chi connectivity index (χ0n) is 7.59. The molecule has 1 aromatic rings. The number of ether oxygens (including phenoxy) is 1. The maximum absolute atomic E-state index is 12.9. The molecule has 1 aromatic carbocycles. The molecule has 0 aromatic heterocycles. The van der Waals surface area contributed by atoms with Crippen LogP contribution in [-0.4, -0.2) is 13.2 Å². The van der Waals surface area contributed by atoms with Gasteiger partial charge in [-0.2, -0.15) is 0 Å². The van der Waals surface area contributed by atoms with E-state index in [4.69, 9.17) is 4.74 Å². The van der Waals surface area contributed by atoms with Crippen molar-refractivity contribution in [2.75, 3.05) is 13.2 Å². The van der Waals surface area contributed by atoms with Crippen molar-refractivity contribution >= 4 is 5.57 Å². The van der Waals surface area contributed by atoms with Crippen LogP contribution in [0, 0.1) is 11.6 Å². The largest absolute Gasteiger partial charge is 0.377 e. The average Bonchev–Trinajstić information content (AvgIpc) is 2.23. The number of hydrogen-bond acceptors (Lipinski definition) is 1. The first-order chi connectivity index (χ1) is 6.77.